The minimum absolute atomic E-state index is 0.0837. The van der Waals surface area contributed by atoms with Crippen molar-refractivity contribution in [1.29, 1.82) is 0 Å². The van der Waals surface area contributed by atoms with Crippen molar-refractivity contribution in [3.63, 3.8) is 0 Å². The molecule has 0 radical (unpaired) electrons. The third-order valence-electron chi connectivity index (χ3n) is 4.86. The van der Waals surface area contributed by atoms with Gasteiger partial charge in [0.1, 0.15) is 0 Å². The Balaban J connectivity index is 2.01. The van der Waals surface area contributed by atoms with Gasteiger partial charge in [-0.05, 0) is 37.2 Å². The molecule has 2 aromatic carbocycles. The van der Waals surface area contributed by atoms with Gasteiger partial charge in [-0.25, -0.2) is 0 Å². The lowest BCUT2D eigenvalue weighted by Gasteiger charge is -2.26. The number of carbonyl (C=O) groups excluding carboxylic acids is 2. The first-order valence-electron chi connectivity index (χ1n) is 9.74. The van der Waals surface area contributed by atoms with Gasteiger partial charge in [-0.15, -0.1) is 0 Å². The summed E-state index contributed by atoms with van der Waals surface area (Å²) < 4.78 is 0. The van der Waals surface area contributed by atoms with E-state index < -0.39 is 0 Å². The normalized spacial score (nSPS) is 13.0. The molecule has 150 valence electrons. The van der Waals surface area contributed by atoms with Gasteiger partial charge in [-0.3, -0.25) is 9.59 Å². The van der Waals surface area contributed by atoms with Crippen LogP contribution in [0.2, 0.25) is 0 Å². The van der Waals surface area contributed by atoms with E-state index in [4.69, 9.17) is 0 Å². The molecule has 0 aromatic heterocycles. The SMILES string of the molecule is CCc1ccc(C(CNC(=O)CC(NC(C)=O)c2ccccc2)N(C)C)cc1. The summed E-state index contributed by atoms with van der Waals surface area (Å²) >= 11 is 0. The van der Waals surface area contributed by atoms with Crippen LogP contribution in [0.25, 0.3) is 0 Å². The molecule has 2 rings (SSSR count). The van der Waals surface area contributed by atoms with E-state index >= 15 is 0 Å². The standard InChI is InChI=1S/C23H31N3O2/c1-5-18-11-13-20(14-12-18)22(26(3)4)16-24-23(28)15-21(25-17(2)27)19-9-7-6-8-10-19/h6-14,21-22H,5,15-16H2,1-4H3,(H,24,28)(H,25,27). The highest BCUT2D eigenvalue weighted by Crippen LogP contribution is 2.20. The van der Waals surface area contributed by atoms with Crippen LogP contribution in [0.1, 0.15) is 49.0 Å². The molecule has 0 aliphatic carbocycles. The summed E-state index contributed by atoms with van der Waals surface area (Å²) in [4.78, 5) is 26.2. The first-order valence-corrected chi connectivity index (χ1v) is 9.74. The first-order chi connectivity index (χ1) is 13.4. The fraction of sp³-hybridized carbons (Fsp3) is 0.391. The second kappa shape index (κ2) is 10.6. The number of aryl methyl sites for hydroxylation is 1. The predicted octanol–water partition coefficient (Wildman–Crippen LogP) is 3.24. The molecular formula is C23H31N3O2. The first kappa shape index (κ1) is 21.6. The number of benzene rings is 2. The van der Waals surface area contributed by atoms with Crippen LogP contribution in [0, 0.1) is 0 Å². The van der Waals surface area contributed by atoms with Gasteiger partial charge in [0.05, 0.1) is 18.5 Å². The maximum absolute atomic E-state index is 12.6. The Morgan fingerprint density at radius 1 is 0.964 bits per heavy atom. The maximum Gasteiger partial charge on any atom is 0.222 e. The van der Waals surface area contributed by atoms with E-state index in [9.17, 15) is 9.59 Å². The highest BCUT2D eigenvalue weighted by atomic mass is 16.2. The number of hydrogen-bond donors (Lipinski definition) is 2. The van der Waals surface area contributed by atoms with Gasteiger partial charge in [-0.2, -0.15) is 0 Å². The Morgan fingerprint density at radius 3 is 2.14 bits per heavy atom. The van der Waals surface area contributed by atoms with Crippen LogP contribution < -0.4 is 10.6 Å². The molecule has 0 spiro atoms. The van der Waals surface area contributed by atoms with Crippen molar-refractivity contribution < 1.29 is 9.59 Å². The highest BCUT2D eigenvalue weighted by molar-refractivity contribution is 5.79. The summed E-state index contributed by atoms with van der Waals surface area (Å²) in [6.07, 6.45) is 1.21. The van der Waals surface area contributed by atoms with Crippen molar-refractivity contribution in [3.8, 4) is 0 Å². The summed E-state index contributed by atoms with van der Waals surface area (Å²) in [7, 11) is 4.02. The Morgan fingerprint density at radius 2 is 1.61 bits per heavy atom. The van der Waals surface area contributed by atoms with Gasteiger partial charge in [-0.1, -0.05) is 61.5 Å². The minimum Gasteiger partial charge on any atom is -0.354 e. The lowest BCUT2D eigenvalue weighted by molar-refractivity contribution is -0.123. The topological polar surface area (TPSA) is 61.4 Å². The van der Waals surface area contributed by atoms with E-state index in [1.54, 1.807) is 0 Å². The number of carbonyl (C=O) groups is 2. The van der Waals surface area contributed by atoms with Crippen molar-refractivity contribution in [1.82, 2.24) is 15.5 Å². The zero-order valence-electron chi connectivity index (χ0n) is 17.2. The summed E-state index contributed by atoms with van der Waals surface area (Å²) in [5.41, 5.74) is 3.39. The van der Waals surface area contributed by atoms with Gasteiger partial charge in [0.25, 0.3) is 0 Å². The largest absolute Gasteiger partial charge is 0.354 e. The Kier molecular flexibility index (Phi) is 8.20. The molecule has 0 saturated carbocycles. The van der Waals surface area contributed by atoms with Crippen molar-refractivity contribution in [2.75, 3.05) is 20.6 Å². The van der Waals surface area contributed by atoms with Gasteiger partial charge < -0.3 is 15.5 Å². The van der Waals surface area contributed by atoms with Crippen LogP contribution in [0.15, 0.2) is 54.6 Å². The second-order valence-electron chi connectivity index (χ2n) is 7.25. The maximum atomic E-state index is 12.6. The molecule has 0 heterocycles. The van der Waals surface area contributed by atoms with Crippen LogP contribution in [0.4, 0.5) is 0 Å². The summed E-state index contributed by atoms with van der Waals surface area (Å²) in [6.45, 7) is 4.12. The fourth-order valence-corrected chi connectivity index (χ4v) is 3.23. The van der Waals surface area contributed by atoms with Crippen molar-refractivity contribution in [2.45, 2.75) is 38.8 Å². The monoisotopic (exact) mass is 381 g/mol. The molecule has 2 amide bonds. The van der Waals surface area contributed by atoms with Crippen molar-refractivity contribution in [2.24, 2.45) is 0 Å². The number of nitrogens with zero attached hydrogens (tertiary/aromatic N) is 1. The Labute approximate surface area is 168 Å². The van der Waals surface area contributed by atoms with Crippen LogP contribution in [0.3, 0.4) is 0 Å². The van der Waals surface area contributed by atoms with Crippen LogP contribution in [-0.2, 0) is 16.0 Å². The summed E-state index contributed by atoms with van der Waals surface area (Å²) in [5, 5.41) is 5.90. The zero-order valence-corrected chi connectivity index (χ0v) is 17.2. The highest BCUT2D eigenvalue weighted by Gasteiger charge is 2.19. The summed E-state index contributed by atoms with van der Waals surface area (Å²) in [5.74, 6) is -0.233. The quantitative estimate of drug-likeness (QED) is 0.701. The fourth-order valence-electron chi connectivity index (χ4n) is 3.23. The average Bonchev–Trinajstić information content (AvgIpc) is 2.68. The third kappa shape index (κ3) is 6.50. The minimum atomic E-state index is -0.333. The Hall–Kier alpha value is -2.66. The van der Waals surface area contributed by atoms with Gasteiger partial charge in [0, 0.05) is 13.5 Å². The number of likely N-dealkylation sites (N-methyl/N-ethyl adjacent to an activating group) is 1. The molecular weight excluding hydrogens is 350 g/mol. The molecule has 2 aromatic rings. The molecule has 2 unspecified atom stereocenters. The molecule has 2 atom stereocenters. The molecule has 5 heteroatoms. The van der Waals surface area contributed by atoms with E-state index in [0.29, 0.717) is 6.54 Å². The van der Waals surface area contributed by atoms with E-state index in [2.05, 4.69) is 46.7 Å². The molecule has 0 bridgehead atoms. The van der Waals surface area contributed by atoms with Crippen molar-refractivity contribution >= 4 is 11.8 Å². The molecule has 0 saturated heterocycles. The number of nitrogens with one attached hydrogen (secondary N) is 2. The second-order valence-corrected chi connectivity index (χ2v) is 7.25. The van der Waals surface area contributed by atoms with E-state index in [0.717, 1.165) is 12.0 Å². The molecule has 0 fully saturated rings. The van der Waals surface area contributed by atoms with Crippen LogP contribution >= 0.6 is 0 Å². The Bertz CT molecular complexity index is 757. The third-order valence-corrected chi connectivity index (χ3v) is 4.86. The van der Waals surface area contributed by atoms with Crippen LogP contribution in [0.5, 0.6) is 0 Å². The number of amides is 2. The molecule has 28 heavy (non-hydrogen) atoms. The smallest absolute Gasteiger partial charge is 0.222 e. The average molecular weight is 382 g/mol. The number of hydrogen-bond acceptors (Lipinski definition) is 3. The zero-order chi connectivity index (χ0) is 20.5. The molecule has 0 aliphatic rings. The van der Waals surface area contributed by atoms with Gasteiger partial charge >= 0.3 is 0 Å². The predicted molar refractivity (Wildman–Crippen MR) is 113 cm³/mol. The molecule has 0 aliphatic heterocycles. The number of rotatable bonds is 9. The van der Waals surface area contributed by atoms with Gasteiger partial charge in [0.15, 0.2) is 0 Å². The molecule has 5 nitrogen and oxygen atoms in total. The summed E-state index contributed by atoms with van der Waals surface area (Å²) in [6, 6.07) is 17.8. The van der Waals surface area contributed by atoms with E-state index in [1.807, 2.05) is 44.4 Å². The van der Waals surface area contributed by atoms with Crippen molar-refractivity contribution in [3.05, 3.63) is 71.3 Å². The molecule has 2 N–H and O–H groups in total. The van der Waals surface area contributed by atoms with Gasteiger partial charge in [0.2, 0.25) is 11.8 Å². The van der Waals surface area contributed by atoms with E-state index in [-0.39, 0.29) is 30.3 Å². The van der Waals surface area contributed by atoms with E-state index in [1.165, 1.54) is 18.1 Å². The lowest BCUT2D eigenvalue weighted by atomic mass is 10.0. The lowest BCUT2D eigenvalue weighted by Crippen LogP contribution is -2.37. The van der Waals surface area contributed by atoms with Crippen LogP contribution in [-0.4, -0.2) is 37.4 Å².